The van der Waals surface area contributed by atoms with E-state index in [0.717, 1.165) is 43.7 Å². The van der Waals surface area contributed by atoms with Crippen LogP contribution in [0.1, 0.15) is 41.5 Å². The van der Waals surface area contributed by atoms with E-state index in [2.05, 4.69) is 41.5 Å². The van der Waals surface area contributed by atoms with Crippen molar-refractivity contribution in [1.82, 2.24) is 14.8 Å². The van der Waals surface area contributed by atoms with Crippen molar-refractivity contribution in [3.05, 3.63) is 98.4 Å². The molecule has 1 aliphatic heterocycles. The number of hydrogen-bond donors (Lipinski definition) is 1. The smallest absolute Gasteiger partial charge is 0.258 e. The van der Waals surface area contributed by atoms with Crippen LogP contribution in [-0.4, -0.2) is 35.6 Å². The fraction of sp³-hybridized carbons (Fsp3) is 0.345. The molecule has 0 radical (unpaired) electrons. The maximum atomic E-state index is 12.8. The lowest BCUT2D eigenvalue weighted by Gasteiger charge is -2.32. The number of hydrogen-bond acceptors (Lipinski definition) is 4. The van der Waals surface area contributed by atoms with Gasteiger partial charge in [-0.1, -0.05) is 41.9 Å². The molecule has 35 heavy (non-hydrogen) atoms. The van der Waals surface area contributed by atoms with Gasteiger partial charge in [0.15, 0.2) is 0 Å². The van der Waals surface area contributed by atoms with Gasteiger partial charge in [0.05, 0.1) is 0 Å². The Morgan fingerprint density at radius 3 is 2.51 bits per heavy atom. The standard InChI is InChI=1S/C29H32ClN3O2/c1-31-26-10-13-32(14-11-26)19-22-2-5-24-17-27(9-6-23(24)16-22)33-15-12-28(18-29(33)34)35-20-21-3-7-25(30)8-4-21/h2-5,7-8,12,15-18,26,31H,6,9-11,13-14,19-20H2,1H3. The molecule has 2 heterocycles. The SMILES string of the molecule is CNC1CCN(Cc2ccc3c(c2)CCC(n2ccc(OCc4ccc(Cl)cc4)cc2=O)=C3)CC1. The molecule has 0 bridgehead atoms. The van der Waals surface area contributed by atoms with Gasteiger partial charge >= 0.3 is 0 Å². The second-order valence-corrected chi connectivity index (χ2v) is 9.93. The number of likely N-dealkylation sites (tertiary alicyclic amines) is 1. The number of rotatable bonds is 7. The fourth-order valence-corrected chi connectivity index (χ4v) is 5.12. The van der Waals surface area contributed by atoms with Gasteiger partial charge in [-0.3, -0.25) is 14.3 Å². The van der Waals surface area contributed by atoms with Gasteiger partial charge in [0, 0.05) is 35.6 Å². The second kappa shape index (κ2) is 10.8. The second-order valence-electron chi connectivity index (χ2n) is 9.49. The van der Waals surface area contributed by atoms with E-state index in [9.17, 15) is 4.79 Å². The minimum atomic E-state index is -0.0742. The normalized spacial score (nSPS) is 16.6. The largest absolute Gasteiger partial charge is 0.489 e. The molecule has 5 rings (SSSR count). The van der Waals surface area contributed by atoms with E-state index in [1.807, 2.05) is 36.5 Å². The summed E-state index contributed by atoms with van der Waals surface area (Å²) in [6.07, 6.45) is 8.18. The van der Waals surface area contributed by atoms with Crippen molar-refractivity contribution >= 4 is 23.4 Å². The first-order valence-corrected chi connectivity index (χ1v) is 12.8. The Kier molecular flexibility index (Phi) is 7.37. The highest BCUT2D eigenvalue weighted by Gasteiger charge is 2.19. The summed E-state index contributed by atoms with van der Waals surface area (Å²) >= 11 is 5.93. The van der Waals surface area contributed by atoms with Gasteiger partial charge in [-0.05, 0) is 92.3 Å². The van der Waals surface area contributed by atoms with Crippen LogP contribution in [-0.2, 0) is 19.6 Å². The van der Waals surface area contributed by atoms with Crippen LogP contribution in [0.4, 0.5) is 0 Å². The molecule has 0 unspecified atom stereocenters. The summed E-state index contributed by atoms with van der Waals surface area (Å²) in [5.74, 6) is 0.571. The Labute approximate surface area is 212 Å². The maximum Gasteiger partial charge on any atom is 0.258 e. The van der Waals surface area contributed by atoms with Crippen molar-refractivity contribution in [2.45, 2.75) is 44.9 Å². The number of ether oxygens (including phenoxy) is 1. The average molecular weight is 490 g/mol. The number of pyridine rings is 1. The van der Waals surface area contributed by atoms with E-state index in [1.54, 1.807) is 10.6 Å². The number of nitrogens with zero attached hydrogens (tertiary/aromatic N) is 2. The Balaban J connectivity index is 1.24. The molecule has 182 valence electrons. The molecule has 3 aromatic rings. The number of nitrogens with one attached hydrogen (secondary N) is 1. The van der Waals surface area contributed by atoms with Crippen LogP contribution >= 0.6 is 11.6 Å². The van der Waals surface area contributed by atoms with E-state index in [4.69, 9.17) is 16.3 Å². The van der Waals surface area contributed by atoms with Crippen molar-refractivity contribution in [2.75, 3.05) is 20.1 Å². The van der Waals surface area contributed by atoms with Crippen molar-refractivity contribution in [1.29, 1.82) is 0 Å². The van der Waals surface area contributed by atoms with Crippen LogP contribution in [0.15, 0.2) is 65.6 Å². The number of benzene rings is 2. The van der Waals surface area contributed by atoms with Gasteiger partial charge in [-0.15, -0.1) is 0 Å². The van der Waals surface area contributed by atoms with Crippen molar-refractivity contribution in [3.63, 3.8) is 0 Å². The Morgan fingerprint density at radius 2 is 1.77 bits per heavy atom. The van der Waals surface area contributed by atoms with E-state index >= 15 is 0 Å². The predicted molar refractivity (Wildman–Crippen MR) is 143 cm³/mol. The third-order valence-electron chi connectivity index (χ3n) is 7.10. The molecular formula is C29H32ClN3O2. The molecule has 1 N–H and O–H groups in total. The zero-order valence-electron chi connectivity index (χ0n) is 20.2. The van der Waals surface area contributed by atoms with Gasteiger partial charge in [0.25, 0.3) is 5.56 Å². The van der Waals surface area contributed by atoms with E-state index in [0.29, 0.717) is 23.4 Å². The minimum Gasteiger partial charge on any atom is -0.489 e. The zero-order valence-corrected chi connectivity index (χ0v) is 20.9. The first-order valence-electron chi connectivity index (χ1n) is 12.4. The molecule has 1 aromatic heterocycles. The van der Waals surface area contributed by atoms with Crippen LogP contribution < -0.4 is 15.6 Å². The fourth-order valence-electron chi connectivity index (χ4n) is 4.99. The van der Waals surface area contributed by atoms with E-state index < -0.39 is 0 Å². The van der Waals surface area contributed by atoms with Crippen molar-refractivity contribution in [2.24, 2.45) is 0 Å². The molecule has 0 saturated carbocycles. The monoisotopic (exact) mass is 489 g/mol. The molecule has 2 aliphatic rings. The van der Waals surface area contributed by atoms with Gasteiger partial charge < -0.3 is 10.1 Å². The summed E-state index contributed by atoms with van der Waals surface area (Å²) in [5, 5.41) is 4.09. The van der Waals surface area contributed by atoms with Gasteiger partial charge in [0.2, 0.25) is 0 Å². The molecule has 1 saturated heterocycles. The summed E-state index contributed by atoms with van der Waals surface area (Å²) in [6, 6.07) is 18.4. The summed E-state index contributed by atoms with van der Waals surface area (Å²) in [7, 11) is 2.06. The average Bonchev–Trinajstić information content (AvgIpc) is 2.88. The molecule has 0 spiro atoms. The zero-order chi connectivity index (χ0) is 24.2. The highest BCUT2D eigenvalue weighted by Crippen LogP contribution is 2.28. The van der Waals surface area contributed by atoms with Gasteiger partial charge in [-0.25, -0.2) is 0 Å². The number of allylic oxidation sites excluding steroid dienone is 1. The summed E-state index contributed by atoms with van der Waals surface area (Å²) in [5.41, 5.74) is 5.91. The quantitative estimate of drug-likeness (QED) is 0.495. The molecule has 0 atom stereocenters. The molecule has 6 heteroatoms. The molecule has 5 nitrogen and oxygen atoms in total. The Hall–Kier alpha value is -2.86. The highest BCUT2D eigenvalue weighted by atomic mass is 35.5. The predicted octanol–water partition coefficient (Wildman–Crippen LogP) is 5.21. The number of fused-ring (bicyclic) bond motifs is 1. The maximum absolute atomic E-state index is 12.8. The van der Waals surface area contributed by atoms with Crippen LogP contribution in [0.5, 0.6) is 5.75 Å². The highest BCUT2D eigenvalue weighted by molar-refractivity contribution is 6.30. The topological polar surface area (TPSA) is 46.5 Å². The summed E-state index contributed by atoms with van der Waals surface area (Å²) in [6.45, 7) is 3.70. The van der Waals surface area contributed by atoms with Gasteiger partial charge in [-0.2, -0.15) is 0 Å². The third-order valence-corrected chi connectivity index (χ3v) is 7.35. The van der Waals surface area contributed by atoms with Crippen LogP contribution in [0, 0.1) is 0 Å². The minimum absolute atomic E-state index is 0.0742. The van der Waals surface area contributed by atoms with Crippen molar-refractivity contribution < 1.29 is 4.74 Å². The lowest BCUT2D eigenvalue weighted by molar-refractivity contribution is 0.194. The lowest BCUT2D eigenvalue weighted by Crippen LogP contribution is -2.40. The number of piperidine rings is 1. The Morgan fingerprint density at radius 1 is 1.00 bits per heavy atom. The van der Waals surface area contributed by atoms with E-state index in [-0.39, 0.29) is 5.56 Å². The Bertz CT molecular complexity index is 1260. The molecule has 1 aliphatic carbocycles. The molecule has 1 fully saturated rings. The summed E-state index contributed by atoms with van der Waals surface area (Å²) in [4.78, 5) is 15.4. The van der Waals surface area contributed by atoms with Crippen LogP contribution in [0.3, 0.4) is 0 Å². The molecule has 2 aromatic carbocycles. The first kappa shape index (κ1) is 23.9. The molecular weight excluding hydrogens is 458 g/mol. The van der Waals surface area contributed by atoms with Gasteiger partial charge in [0.1, 0.15) is 12.4 Å². The number of aromatic nitrogens is 1. The van der Waals surface area contributed by atoms with Crippen molar-refractivity contribution in [3.8, 4) is 5.75 Å². The molecule has 0 amide bonds. The lowest BCUT2D eigenvalue weighted by atomic mass is 9.93. The van der Waals surface area contributed by atoms with Crippen LogP contribution in [0.2, 0.25) is 5.02 Å². The third kappa shape index (κ3) is 5.87. The summed E-state index contributed by atoms with van der Waals surface area (Å²) < 4.78 is 7.55. The number of halogens is 1. The first-order chi connectivity index (χ1) is 17.1. The van der Waals surface area contributed by atoms with Crippen LogP contribution in [0.25, 0.3) is 11.8 Å². The van der Waals surface area contributed by atoms with E-state index in [1.165, 1.54) is 29.5 Å². The number of aryl methyl sites for hydroxylation is 1.